The molecule has 0 saturated carbocycles. The number of benzene rings is 3. The van der Waals surface area contributed by atoms with Gasteiger partial charge in [0.1, 0.15) is 5.75 Å². The summed E-state index contributed by atoms with van der Waals surface area (Å²) in [5, 5.41) is 2.93. The summed E-state index contributed by atoms with van der Waals surface area (Å²) in [5.74, 6) is -0.984. The van der Waals surface area contributed by atoms with E-state index >= 15 is 0 Å². The Bertz CT molecular complexity index is 1320. The zero-order valence-corrected chi connectivity index (χ0v) is 19.6. The quantitative estimate of drug-likeness (QED) is 0.423. The standard InChI is InChI=1S/C28H24N2O6/c1-17(25(31)29-23-14-15-35-24-9-5-4-8-22(23)24)36-28(34)19-12-10-18(11-13-19)16-30-26(32)20-6-2-3-7-21(20)27(30)33/h2-13,17,23H,14-16H2,1H3,(H,29,31). The van der Waals surface area contributed by atoms with Gasteiger partial charge < -0.3 is 14.8 Å². The van der Waals surface area contributed by atoms with E-state index in [1.807, 2.05) is 24.3 Å². The molecule has 1 N–H and O–H groups in total. The number of nitrogens with zero attached hydrogens (tertiary/aromatic N) is 1. The third-order valence-electron chi connectivity index (χ3n) is 6.34. The van der Waals surface area contributed by atoms with Crippen molar-refractivity contribution in [1.29, 1.82) is 0 Å². The lowest BCUT2D eigenvalue weighted by atomic mass is 10.0. The number of amides is 3. The molecule has 8 nitrogen and oxygen atoms in total. The maximum atomic E-state index is 12.7. The lowest BCUT2D eigenvalue weighted by Crippen LogP contribution is -2.39. The number of carbonyl (C=O) groups excluding carboxylic acids is 4. The van der Waals surface area contributed by atoms with Gasteiger partial charge in [0.05, 0.1) is 35.9 Å². The summed E-state index contributed by atoms with van der Waals surface area (Å²) in [7, 11) is 0. The number of hydrogen-bond acceptors (Lipinski definition) is 6. The van der Waals surface area contributed by atoms with Crippen molar-refractivity contribution in [3.8, 4) is 5.75 Å². The summed E-state index contributed by atoms with van der Waals surface area (Å²) >= 11 is 0. The molecule has 2 aliphatic rings. The van der Waals surface area contributed by atoms with Crippen molar-refractivity contribution in [1.82, 2.24) is 10.2 Å². The number of ether oxygens (including phenoxy) is 2. The molecule has 2 atom stereocenters. The summed E-state index contributed by atoms with van der Waals surface area (Å²) in [6, 6.07) is 20.4. The molecule has 36 heavy (non-hydrogen) atoms. The van der Waals surface area contributed by atoms with E-state index in [0.29, 0.717) is 29.7 Å². The van der Waals surface area contributed by atoms with E-state index in [9.17, 15) is 19.2 Å². The van der Waals surface area contributed by atoms with Crippen molar-refractivity contribution < 1.29 is 28.7 Å². The Morgan fingerprint density at radius 2 is 1.61 bits per heavy atom. The first-order valence-corrected chi connectivity index (χ1v) is 11.7. The molecule has 0 saturated heterocycles. The number of fused-ring (bicyclic) bond motifs is 2. The molecule has 0 spiro atoms. The topological polar surface area (TPSA) is 102 Å². The van der Waals surface area contributed by atoms with E-state index in [-0.39, 0.29) is 30.0 Å². The van der Waals surface area contributed by atoms with Crippen LogP contribution < -0.4 is 10.1 Å². The van der Waals surface area contributed by atoms with E-state index in [1.54, 1.807) is 48.5 Å². The van der Waals surface area contributed by atoms with Crippen LogP contribution in [-0.4, -0.2) is 41.3 Å². The predicted molar refractivity (Wildman–Crippen MR) is 129 cm³/mol. The number of hydrogen-bond donors (Lipinski definition) is 1. The van der Waals surface area contributed by atoms with Crippen molar-refractivity contribution in [2.24, 2.45) is 0 Å². The molecule has 0 aliphatic carbocycles. The van der Waals surface area contributed by atoms with Gasteiger partial charge in [-0.3, -0.25) is 19.3 Å². The highest BCUT2D eigenvalue weighted by Crippen LogP contribution is 2.31. The first kappa shape index (κ1) is 23.3. The Balaban J connectivity index is 1.18. The van der Waals surface area contributed by atoms with Gasteiger partial charge in [-0.25, -0.2) is 4.79 Å². The van der Waals surface area contributed by atoms with Crippen LogP contribution in [0.3, 0.4) is 0 Å². The fourth-order valence-corrected chi connectivity index (χ4v) is 4.37. The molecule has 0 radical (unpaired) electrons. The van der Waals surface area contributed by atoms with Crippen LogP contribution in [0.1, 0.15) is 61.6 Å². The maximum absolute atomic E-state index is 12.7. The van der Waals surface area contributed by atoms with E-state index in [2.05, 4.69) is 5.32 Å². The molecule has 5 rings (SSSR count). The minimum Gasteiger partial charge on any atom is -0.493 e. The molecule has 3 aromatic rings. The summed E-state index contributed by atoms with van der Waals surface area (Å²) < 4.78 is 11.0. The van der Waals surface area contributed by atoms with Crippen molar-refractivity contribution in [3.05, 3.63) is 101 Å². The second kappa shape index (κ2) is 9.65. The number of esters is 1. The van der Waals surface area contributed by atoms with Gasteiger partial charge in [-0.2, -0.15) is 0 Å². The summed E-state index contributed by atoms with van der Waals surface area (Å²) in [4.78, 5) is 51.6. The van der Waals surface area contributed by atoms with Gasteiger partial charge in [0.15, 0.2) is 6.10 Å². The van der Waals surface area contributed by atoms with Gasteiger partial charge in [0.25, 0.3) is 17.7 Å². The Morgan fingerprint density at radius 3 is 2.31 bits per heavy atom. The molecule has 2 unspecified atom stereocenters. The molecule has 0 bridgehead atoms. The van der Waals surface area contributed by atoms with Gasteiger partial charge >= 0.3 is 5.97 Å². The SMILES string of the molecule is CC(OC(=O)c1ccc(CN2C(=O)c3ccccc3C2=O)cc1)C(=O)NC1CCOc2ccccc21. The highest BCUT2D eigenvalue weighted by molar-refractivity contribution is 6.21. The lowest BCUT2D eigenvalue weighted by Gasteiger charge is -2.27. The smallest absolute Gasteiger partial charge is 0.338 e. The van der Waals surface area contributed by atoms with Gasteiger partial charge in [0.2, 0.25) is 0 Å². The fraction of sp³-hybridized carbons (Fsp3) is 0.214. The van der Waals surface area contributed by atoms with Gasteiger partial charge in [0, 0.05) is 12.0 Å². The third-order valence-corrected chi connectivity index (χ3v) is 6.34. The molecule has 3 amide bonds. The van der Waals surface area contributed by atoms with Crippen molar-refractivity contribution in [3.63, 3.8) is 0 Å². The largest absolute Gasteiger partial charge is 0.493 e. The summed E-state index contributed by atoms with van der Waals surface area (Å²) in [6.07, 6.45) is -0.372. The van der Waals surface area contributed by atoms with Gasteiger partial charge in [-0.05, 0) is 42.8 Å². The Labute approximate surface area is 207 Å². The molecule has 8 heteroatoms. The highest BCUT2D eigenvalue weighted by atomic mass is 16.5. The van der Waals surface area contributed by atoms with E-state index in [4.69, 9.17) is 9.47 Å². The molecule has 2 aliphatic heterocycles. The second-order valence-corrected chi connectivity index (χ2v) is 8.72. The van der Waals surface area contributed by atoms with Crippen LogP contribution in [0.25, 0.3) is 0 Å². The average Bonchev–Trinajstić information content (AvgIpc) is 3.14. The van der Waals surface area contributed by atoms with Gasteiger partial charge in [-0.15, -0.1) is 0 Å². The predicted octanol–water partition coefficient (Wildman–Crippen LogP) is 3.67. The van der Waals surface area contributed by atoms with Crippen LogP contribution in [0.5, 0.6) is 5.75 Å². The molecule has 2 heterocycles. The Morgan fingerprint density at radius 1 is 0.972 bits per heavy atom. The zero-order valence-electron chi connectivity index (χ0n) is 19.6. The van der Waals surface area contributed by atoms with Crippen molar-refractivity contribution in [2.75, 3.05) is 6.61 Å². The summed E-state index contributed by atoms with van der Waals surface area (Å²) in [6.45, 7) is 2.10. The number of carbonyl (C=O) groups is 4. The number of para-hydroxylation sites is 1. The van der Waals surface area contributed by atoms with E-state index in [1.165, 1.54) is 11.8 Å². The van der Waals surface area contributed by atoms with Crippen LogP contribution in [0, 0.1) is 0 Å². The van der Waals surface area contributed by atoms with Crippen molar-refractivity contribution in [2.45, 2.75) is 32.0 Å². The number of rotatable bonds is 6. The molecule has 3 aromatic carbocycles. The Kier molecular flexibility index (Phi) is 6.25. The van der Waals surface area contributed by atoms with Crippen molar-refractivity contribution >= 4 is 23.7 Å². The highest BCUT2D eigenvalue weighted by Gasteiger charge is 2.35. The molecule has 182 valence electrons. The second-order valence-electron chi connectivity index (χ2n) is 8.72. The summed E-state index contributed by atoms with van der Waals surface area (Å²) in [5.41, 5.74) is 2.62. The van der Waals surface area contributed by atoms with Gasteiger partial charge in [-0.1, -0.05) is 42.5 Å². The minimum absolute atomic E-state index is 0.0903. The normalized spacial score (nSPS) is 17.0. The van der Waals surface area contributed by atoms with Crippen LogP contribution >= 0.6 is 0 Å². The molecule has 0 fully saturated rings. The van der Waals surface area contributed by atoms with Crippen LogP contribution in [0.4, 0.5) is 0 Å². The van der Waals surface area contributed by atoms with Crippen LogP contribution in [0.15, 0.2) is 72.8 Å². The molecule has 0 aromatic heterocycles. The first-order valence-electron chi connectivity index (χ1n) is 11.7. The van der Waals surface area contributed by atoms with E-state index in [0.717, 1.165) is 11.3 Å². The lowest BCUT2D eigenvalue weighted by molar-refractivity contribution is -0.130. The van der Waals surface area contributed by atoms with Crippen LogP contribution in [0.2, 0.25) is 0 Å². The third kappa shape index (κ3) is 4.45. The maximum Gasteiger partial charge on any atom is 0.338 e. The molecular formula is C28H24N2O6. The fourth-order valence-electron chi connectivity index (χ4n) is 4.37. The van der Waals surface area contributed by atoms with Crippen LogP contribution in [-0.2, 0) is 16.1 Å². The van der Waals surface area contributed by atoms with E-state index < -0.39 is 18.0 Å². The number of imide groups is 1. The molecular weight excluding hydrogens is 460 g/mol. The average molecular weight is 485 g/mol. The zero-order chi connectivity index (χ0) is 25.2. The minimum atomic E-state index is -0.995. The number of nitrogens with one attached hydrogen (secondary N) is 1. The first-order chi connectivity index (χ1) is 17.4. The monoisotopic (exact) mass is 484 g/mol. The Hall–Kier alpha value is -4.46.